The van der Waals surface area contributed by atoms with E-state index in [1.54, 1.807) is 6.34 Å². The number of hydrogen-bond acceptors (Lipinski definition) is 5. The van der Waals surface area contributed by atoms with Crippen molar-refractivity contribution in [1.82, 2.24) is 14.9 Å². The number of nitrogen functional groups attached to an aromatic ring is 1. The van der Waals surface area contributed by atoms with Gasteiger partial charge in [0.05, 0.1) is 17.6 Å². The predicted octanol–water partition coefficient (Wildman–Crippen LogP) is 1.81. The summed E-state index contributed by atoms with van der Waals surface area (Å²) in [6.45, 7) is 2.90. The number of nitrogens with zero attached hydrogens (tertiary/aromatic N) is 4. The van der Waals surface area contributed by atoms with E-state index in [2.05, 4.69) is 21.9 Å². The first-order valence-electron chi connectivity index (χ1n) is 5.36. The van der Waals surface area contributed by atoms with Crippen LogP contribution in [0.5, 0.6) is 0 Å². The standard InChI is InChI=1S/C11H14ClN5/c1-3-7-4-17(2)6-16-9(7)8-10(12)14-5-15-11(8)13/h5-6H,3-4H2,1-2H3,(H2,13,14,15). The molecule has 0 aliphatic carbocycles. The van der Waals surface area contributed by atoms with Gasteiger partial charge in [-0.25, -0.2) is 15.0 Å². The molecular formula is C11H14ClN5. The number of likely N-dealkylation sites (N-methyl/N-ethyl adjacent to an activating group) is 1. The van der Waals surface area contributed by atoms with Crippen molar-refractivity contribution in [3.8, 4) is 0 Å². The molecule has 5 nitrogen and oxygen atoms in total. The number of anilines is 1. The first-order chi connectivity index (χ1) is 8.13. The number of aliphatic imine (C=N–C) groups is 1. The number of halogens is 1. The summed E-state index contributed by atoms with van der Waals surface area (Å²) in [7, 11) is 1.97. The second kappa shape index (κ2) is 4.71. The van der Waals surface area contributed by atoms with Gasteiger partial charge in [-0.15, -0.1) is 0 Å². The van der Waals surface area contributed by atoms with Crippen molar-refractivity contribution < 1.29 is 0 Å². The fourth-order valence-electron chi connectivity index (χ4n) is 1.78. The van der Waals surface area contributed by atoms with E-state index in [-0.39, 0.29) is 0 Å². The van der Waals surface area contributed by atoms with E-state index in [1.807, 2.05) is 11.9 Å². The van der Waals surface area contributed by atoms with Gasteiger partial charge in [0.25, 0.3) is 0 Å². The Bertz CT molecular complexity index is 474. The lowest BCUT2D eigenvalue weighted by Gasteiger charge is -2.22. The van der Waals surface area contributed by atoms with E-state index in [4.69, 9.17) is 17.3 Å². The summed E-state index contributed by atoms with van der Waals surface area (Å²) in [6, 6.07) is 0. The van der Waals surface area contributed by atoms with Gasteiger partial charge in [-0.05, 0) is 12.0 Å². The molecule has 2 rings (SSSR count). The fourth-order valence-corrected chi connectivity index (χ4v) is 2.01. The third-order valence-corrected chi connectivity index (χ3v) is 2.94. The minimum atomic E-state index is 0.347. The van der Waals surface area contributed by atoms with Crippen LogP contribution in [0.15, 0.2) is 16.9 Å². The fraction of sp³-hybridized carbons (Fsp3) is 0.364. The second-order valence-electron chi connectivity index (χ2n) is 3.89. The highest BCUT2D eigenvalue weighted by molar-refractivity contribution is 6.31. The lowest BCUT2D eigenvalue weighted by atomic mass is 10.0. The molecule has 1 aromatic rings. The van der Waals surface area contributed by atoms with Gasteiger partial charge in [-0.1, -0.05) is 18.5 Å². The van der Waals surface area contributed by atoms with Crippen molar-refractivity contribution in [1.29, 1.82) is 0 Å². The maximum atomic E-state index is 6.07. The van der Waals surface area contributed by atoms with Gasteiger partial charge in [0.15, 0.2) is 0 Å². The number of hydrogen-bond donors (Lipinski definition) is 1. The molecular weight excluding hydrogens is 238 g/mol. The molecule has 1 aromatic heterocycles. The van der Waals surface area contributed by atoms with Crippen LogP contribution in [0.3, 0.4) is 0 Å². The summed E-state index contributed by atoms with van der Waals surface area (Å²) in [4.78, 5) is 14.3. The van der Waals surface area contributed by atoms with E-state index in [1.165, 1.54) is 11.9 Å². The Morgan fingerprint density at radius 1 is 1.47 bits per heavy atom. The maximum Gasteiger partial charge on any atom is 0.143 e. The Morgan fingerprint density at radius 3 is 2.88 bits per heavy atom. The molecule has 2 heterocycles. The molecule has 2 N–H and O–H groups in total. The van der Waals surface area contributed by atoms with Crippen LogP contribution in [0.2, 0.25) is 5.15 Å². The van der Waals surface area contributed by atoms with E-state index in [0.29, 0.717) is 16.5 Å². The number of nitrogens with two attached hydrogens (primary N) is 1. The second-order valence-corrected chi connectivity index (χ2v) is 4.25. The van der Waals surface area contributed by atoms with Crippen molar-refractivity contribution in [2.45, 2.75) is 13.3 Å². The van der Waals surface area contributed by atoms with Gasteiger partial charge in [-0.2, -0.15) is 0 Å². The molecule has 0 bridgehead atoms. The molecule has 0 saturated heterocycles. The van der Waals surface area contributed by atoms with Gasteiger partial charge in [0.2, 0.25) is 0 Å². The summed E-state index contributed by atoms with van der Waals surface area (Å²) in [6.07, 6.45) is 4.00. The molecule has 6 heteroatoms. The topological polar surface area (TPSA) is 67.4 Å². The summed E-state index contributed by atoms with van der Waals surface area (Å²) >= 11 is 6.07. The molecule has 0 unspecified atom stereocenters. The molecule has 1 aliphatic rings. The average Bonchev–Trinajstić information content (AvgIpc) is 2.30. The molecule has 0 fully saturated rings. The Hall–Kier alpha value is -1.62. The van der Waals surface area contributed by atoms with Crippen molar-refractivity contribution in [3.63, 3.8) is 0 Å². The van der Waals surface area contributed by atoms with Crippen LogP contribution in [0.1, 0.15) is 18.9 Å². The average molecular weight is 252 g/mol. The Balaban J connectivity index is 2.56. The highest BCUT2D eigenvalue weighted by atomic mass is 35.5. The van der Waals surface area contributed by atoms with Crippen LogP contribution in [0.25, 0.3) is 5.70 Å². The molecule has 0 spiro atoms. The smallest absolute Gasteiger partial charge is 0.143 e. The molecule has 0 radical (unpaired) electrons. The van der Waals surface area contributed by atoms with Crippen molar-refractivity contribution >= 4 is 29.5 Å². The normalized spacial score (nSPS) is 15.6. The third-order valence-electron chi connectivity index (χ3n) is 2.65. The van der Waals surface area contributed by atoms with E-state index < -0.39 is 0 Å². The Labute approximate surface area is 105 Å². The van der Waals surface area contributed by atoms with Gasteiger partial charge in [0, 0.05) is 13.6 Å². The highest BCUT2D eigenvalue weighted by Gasteiger charge is 2.19. The van der Waals surface area contributed by atoms with Gasteiger partial charge >= 0.3 is 0 Å². The van der Waals surface area contributed by atoms with E-state index in [9.17, 15) is 0 Å². The van der Waals surface area contributed by atoms with Gasteiger partial charge in [0.1, 0.15) is 17.3 Å². The van der Waals surface area contributed by atoms with E-state index in [0.717, 1.165) is 18.7 Å². The summed E-state index contributed by atoms with van der Waals surface area (Å²) in [5.41, 5.74) is 8.46. The highest BCUT2D eigenvalue weighted by Crippen LogP contribution is 2.32. The van der Waals surface area contributed by atoms with Crippen molar-refractivity contribution in [3.05, 3.63) is 22.6 Å². The SMILES string of the molecule is CCC1=C(c2c(N)ncnc2Cl)N=CN(C)C1. The first kappa shape index (κ1) is 11.9. The minimum absolute atomic E-state index is 0.347. The van der Waals surface area contributed by atoms with Gasteiger partial charge in [-0.3, -0.25) is 0 Å². The molecule has 90 valence electrons. The summed E-state index contributed by atoms with van der Waals surface area (Å²) < 4.78 is 0. The molecule has 0 amide bonds. The predicted molar refractivity (Wildman–Crippen MR) is 69.8 cm³/mol. The lowest BCUT2D eigenvalue weighted by molar-refractivity contribution is 0.551. The monoisotopic (exact) mass is 251 g/mol. The van der Waals surface area contributed by atoms with Crippen LogP contribution in [-0.2, 0) is 0 Å². The minimum Gasteiger partial charge on any atom is -0.383 e. The Morgan fingerprint density at radius 2 is 2.24 bits per heavy atom. The Kier molecular flexibility index (Phi) is 3.28. The zero-order valence-electron chi connectivity index (χ0n) is 9.81. The zero-order valence-corrected chi connectivity index (χ0v) is 10.6. The van der Waals surface area contributed by atoms with Crippen LogP contribution >= 0.6 is 11.6 Å². The molecule has 0 atom stereocenters. The molecule has 0 saturated carbocycles. The molecule has 1 aliphatic heterocycles. The molecule has 0 aromatic carbocycles. The van der Waals surface area contributed by atoms with Crippen molar-refractivity contribution in [2.24, 2.45) is 4.99 Å². The van der Waals surface area contributed by atoms with Crippen LogP contribution < -0.4 is 5.73 Å². The quantitative estimate of drug-likeness (QED) is 0.814. The van der Waals surface area contributed by atoms with Gasteiger partial charge < -0.3 is 10.6 Å². The summed E-state index contributed by atoms with van der Waals surface area (Å²) in [5.74, 6) is 0.368. The maximum absolute atomic E-state index is 6.07. The lowest BCUT2D eigenvalue weighted by Crippen LogP contribution is -2.23. The summed E-state index contributed by atoms with van der Waals surface area (Å²) in [5, 5.41) is 0.347. The molecule has 17 heavy (non-hydrogen) atoms. The van der Waals surface area contributed by atoms with Crippen LogP contribution in [0, 0.1) is 0 Å². The first-order valence-corrected chi connectivity index (χ1v) is 5.74. The van der Waals surface area contributed by atoms with Crippen molar-refractivity contribution in [2.75, 3.05) is 19.3 Å². The zero-order chi connectivity index (χ0) is 12.4. The van der Waals surface area contributed by atoms with E-state index >= 15 is 0 Å². The largest absolute Gasteiger partial charge is 0.383 e. The van der Waals surface area contributed by atoms with Crippen LogP contribution in [0.4, 0.5) is 5.82 Å². The van der Waals surface area contributed by atoms with Crippen LogP contribution in [-0.4, -0.2) is 34.8 Å². The number of rotatable bonds is 2. The third kappa shape index (κ3) is 2.24. The number of aromatic nitrogens is 2.